The summed E-state index contributed by atoms with van der Waals surface area (Å²) in [5.74, 6) is 0.740. The van der Waals surface area contributed by atoms with Crippen LogP contribution in [0.3, 0.4) is 0 Å². The molecule has 1 heterocycles. The van der Waals surface area contributed by atoms with E-state index in [0.717, 1.165) is 5.92 Å². The summed E-state index contributed by atoms with van der Waals surface area (Å²) in [6.45, 7) is 2.29. The highest BCUT2D eigenvalue weighted by molar-refractivity contribution is 5.65. The Kier molecular flexibility index (Phi) is 2.21. The highest BCUT2D eigenvalue weighted by Gasteiger charge is 2.11. The fourth-order valence-electron chi connectivity index (χ4n) is 1.95. The fourth-order valence-corrected chi connectivity index (χ4v) is 1.95. The minimum absolute atomic E-state index is 0.740. The van der Waals surface area contributed by atoms with Crippen LogP contribution in [-0.4, -0.2) is 9.78 Å². The van der Waals surface area contributed by atoms with Gasteiger partial charge in [0.1, 0.15) is 0 Å². The first-order chi connectivity index (χ1) is 6.25. The third kappa shape index (κ3) is 1.82. The van der Waals surface area contributed by atoms with Gasteiger partial charge in [-0.1, -0.05) is 13.0 Å². The Morgan fingerprint density at radius 2 is 2.38 bits per heavy atom. The van der Waals surface area contributed by atoms with E-state index >= 15 is 0 Å². The van der Waals surface area contributed by atoms with E-state index in [1.54, 1.807) is 0 Å². The van der Waals surface area contributed by atoms with Crippen molar-refractivity contribution in [3.05, 3.63) is 24.0 Å². The van der Waals surface area contributed by atoms with Gasteiger partial charge in [0.05, 0.1) is 6.20 Å². The number of nitrogens with zero attached hydrogens (tertiary/aromatic N) is 2. The first kappa shape index (κ1) is 8.54. The molecule has 1 aliphatic carbocycles. The summed E-state index contributed by atoms with van der Waals surface area (Å²) in [5.41, 5.74) is 2.78. The summed E-state index contributed by atoms with van der Waals surface area (Å²) in [6, 6.07) is 0. The maximum Gasteiger partial charge on any atom is 0.0564 e. The van der Waals surface area contributed by atoms with Gasteiger partial charge < -0.3 is 0 Å². The van der Waals surface area contributed by atoms with Gasteiger partial charge in [-0.2, -0.15) is 5.10 Å². The molecule has 0 bridgehead atoms. The second-order valence-corrected chi connectivity index (χ2v) is 3.96. The monoisotopic (exact) mass is 176 g/mol. The van der Waals surface area contributed by atoms with E-state index in [1.807, 2.05) is 17.9 Å². The number of aromatic nitrogens is 2. The molecular formula is C11H16N2. The van der Waals surface area contributed by atoms with E-state index in [4.69, 9.17) is 0 Å². The van der Waals surface area contributed by atoms with Crippen molar-refractivity contribution in [1.29, 1.82) is 0 Å². The smallest absolute Gasteiger partial charge is 0.0564 e. The molecule has 2 nitrogen and oxygen atoms in total. The molecule has 0 saturated heterocycles. The Balaban J connectivity index is 2.25. The predicted molar refractivity (Wildman–Crippen MR) is 54.2 cm³/mol. The highest BCUT2D eigenvalue weighted by atomic mass is 15.2. The van der Waals surface area contributed by atoms with Gasteiger partial charge in [0.25, 0.3) is 0 Å². The average molecular weight is 176 g/mol. The van der Waals surface area contributed by atoms with E-state index in [1.165, 1.54) is 30.4 Å². The molecule has 70 valence electrons. The molecule has 2 rings (SSSR count). The molecular weight excluding hydrogens is 160 g/mol. The molecule has 1 aliphatic rings. The van der Waals surface area contributed by atoms with Crippen LogP contribution in [0, 0.1) is 5.92 Å². The molecule has 1 aromatic heterocycles. The molecule has 0 N–H and O–H groups in total. The lowest BCUT2D eigenvalue weighted by Gasteiger charge is -2.16. The van der Waals surface area contributed by atoms with Gasteiger partial charge >= 0.3 is 0 Å². The molecule has 0 amide bonds. The minimum atomic E-state index is 0.740. The third-order valence-electron chi connectivity index (χ3n) is 2.67. The number of aryl methyl sites for hydroxylation is 1. The van der Waals surface area contributed by atoms with Crippen molar-refractivity contribution in [3.63, 3.8) is 0 Å². The number of hydrogen-bond acceptors (Lipinski definition) is 1. The number of allylic oxidation sites excluding steroid dienone is 2. The number of rotatable bonds is 1. The van der Waals surface area contributed by atoms with Crippen LogP contribution in [0.25, 0.3) is 5.57 Å². The van der Waals surface area contributed by atoms with Crippen LogP contribution in [0.5, 0.6) is 0 Å². The summed E-state index contributed by atoms with van der Waals surface area (Å²) in [5, 5.41) is 4.19. The van der Waals surface area contributed by atoms with Crippen LogP contribution < -0.4 is 0 Å². The highest BCUT2D eigenvalue weighted by Crippen LogP contribution is 2.29. The Hall–Kier alpha value is -1.05. The maximum absolute atomic E-state index is 4.19. The van der Waals surface area contributed by atoms with Gasteiger partial charge in [-0.05, 0) is 30.8 Å². The lowest BCUT2D eigenvalue weighted by Crippen LogP contribution is -1.99. The van der Waals surface area contributed by atoms with Crippen molar-refractivity contribution in [2.24, 2.45) is 13.0 Å². The molecule has 2 heteroatoms. The topological polar surface area (TPSA) is 17.8 Å². The van der Waals surface area contributed by atoms with E-state index in [0.29, 0.717) is 0 Å². The number of hydrogen-bond donors (Lipinski definition) is 0. The fraction of sp³-hybridized carbons (Fsp3) is 0.545. The van der Waals surface area contributed by atoms with Crippen molar-refractivity contribution in [2.45, 2.75) is 26.2 Å². The van der Waals surface area contributed by atoms with Crippen LogP contribution in [0.4, 0.5) is 0 Å². The second-order valence-electron chi connectivity index (χ2n) is 3.96. The molecule has 0 aromatic carbocycles. The van der Waals surface area contributed by atoms with Crippen molar-refractivity contribution in [2.75, 3.05) is 0 Å². The van der Waals surface area contributed by atoms with Gasteiger partial charge in [0, 0.05) is 18.8 Å². The molecule has 0 radical (unpaired) electrons. The van der Waals surface area contributed by atoms with Crippen LogP contribution in [0.15, 0.2) is 18.5 Å². The van der Waals surface area contributed by atoms with Crippen molar-refractivity contribution in [1.82, 2.24) is 9.78 Å². The molecule has 1 atom stereocenters. The summed E-state index contributed by atoms with van der Waals surface area (Å²) in [7, 11) is 1.97. The zero-order valence-electron chi connectivity index (χ0n) is 8.33. The molecule has 0 saturated carbocycles. The third-order valence-corrected chi connectivity index (χ3v) is 2.67. The Labute approximate surface area is 79.3 Å². The van der Waals surface area contributed by atoms with Crippen molar-refractivity contribution in [3.8, 4) is 0 Å². The van der Waals surface area contributed by atoms with E-state index in [2.05, 4.69) is 24.3 Å². The summed E-state index contributed by atoms with van der Waals surface area (Å²) in [4.78, 5) is 0. The summed E-state index contributed by atoms with van der Waals surface area (Å²) >= 11 is 0. The van der Waals surface area contributed by atoms with Crippen LogP contribution >= 0.6 is 0 Å². The summed E-state index contributed by atoms with van der Waals surface area (Å²) < 4.78 is 1.87. The van der Waals surface area contributed by atoms with E-state index in [-0.39, 0.29) is 0 Å². The lowest BCUT2D eigenvalue weighted by molar-refractivity contribution is 0.592. The normalized spacial score (nSPS) is 22.9. The lowest BCUT2D eigenvalue weighted by atomic mass is 9.89. The molecule has 0 unspecified atom stereocenters. The quantitative estimate of drug-likeness (QED) is 0.643. The molecule has 0 spiro atoms. The standard InChI is InChI=1S/C11H16N2/c1-9-4-3-5-10(6-9)11-7-12-13(2)8-11/h6-9H,3-5H2,1-2H3/t9-/m1/s1. The van der Waals surface area contributed by atoms with Gasteiger partial charge in [-0.15, -0.1) is 0 Å². The molecule has 13 heavy (non-hydrogen) atoms. The van der Waals surface area contributed by atoms with E-state index in [9.17, 15) is 0 Å². The van der Waals surface area contributed by atoms with Gasteiger partial charge in [-0.25, -0.2) is 0 Å². The summed E-state index contributed by atoms with van der Waals surface area (Å²) in [6.07, 6.45) is 10.3. The predicted octanol–water partition coefficient (Wildman–Crippen LogP) is 2.62. The van der Waals surface area contributed by atoms with Gasteiger partial charge in [0.15, 0.2) is 0 Å². The zero-order valence-corrected chi connectivity index (χ0v) is 8.33. The molecule has 0 aliphatic heterocycles. The van der Waals surface area contributed by atoms with Gasteiger partial charge in [0.2, 0.25) is 0 Å². The minimum Gasteiger partial charge on any atom is -0.275 e. The maximum atomic E-state index is 4.19. The Morgan fingerprint density at radius 1 is 1.54 bits per heavy atom. The SMILES string of the molecule is C[C@H]1C=C(c2cnn(C)c2)CCC1. The Bertz CT molecular complexity index is 323. The largest absolute Gasteiger partial charge is 0.275 e. The zero-order chi connectivity index (χ0) is 9.26. The Morgan fingerprint density at radius 3 is 3.00 bits per heavy atom. The van der Waals surface area contributed by atoms with Crippen molar-refractivity contribution >= 4 is 5.57 Å². The first-order valence-corrected chi connectivity index (χ1v) is 4.95. The van der Waals surface area contributed by atoms with Crippen LogP contribution in [0.1, 0.15) is 31.7 Å². The van der Waals surface area contributed by atoms with Gasteiger partial charge in [-0.3, -0.25) is 4.68 Å². The second kappa shape index (κ2) is 3.36. The van der Waals surface area contributed by atoms with E-state index < -0.39 is 0 Å². The first-order valence-electron chi connectivity index (χ1n) is 4.95. The molecule has 1 aromatic rings. The van der Waals surface area contributed by atoms with Crippen LogP contribution in [0.2, 0.25) is 0 Å². The van der Waals surface area contributed by atoms with Crippen molar-refractivity contribution < 1.29 is 0 Å². The molecule has 0 fully saturated rings. The average Bonchev–Trinajstić information content (AvgIpc) is 2.52. The van der Waals surface area contributed by atoms with Crippen LogP contribution in [-0.2, 0) is 7.05 Å².